The molecule has 1 aromatic rings. The quantitative estimate of drug-likeness (QED) is 0.560. The minimum Gasteiger partial charge on any atom is -0.159 e. The van der Waals surface area contributed by atoms with Crippen molar-refractivity contribution in [1.29, 1.82) is 0 Å². The van der Waals surface area contributed by atoms with Gasteiger partial charge in [-0.2, -0.15) is 10.2 Å². The van der Waals surface area contributed by atoms with Crippen LogP contribution in [0.15, 0.2) is 12.3 Å². The lowest BCUT2D eigenvalue weighted by molar-refractivity contribution is 0.638. The van der Waals surface area contributed by atoms with Crippen molar-refractivity contribution in [1.82, 2.24) is 10.2 Å². The number of aromatic nitrogens is 2. The van der Waals surface area contributed by atoms with E-state index in [0.29, 0.717) is 0 Å². The Hall–Kier alpha value is -0.920. The fraction of sp³-hybridized carbons (Fsp3) is 0.750. The molecule has 0 amide bonds. The van der Waals surface area contributed by atoms with Crippen LogP contribution in [-0.2, 0) is 12.8 Å². The standard InChI is InChI=1S/C16H28N2/c1-3-5-7-9-11-15-13-14-17-18-16(15)12-10-8-6-4-2/h13-14H,3-12H2,1-2H3. The molecule has 0 atom stereocenters. The number of rotatable bonds is 10. The second-order valence-corrected chi connectivity index (χ2v) is 5.12. The van der Waals surface area contributed by atoms with Crippen molar-refractivity contribution >= 4 is 0 Å². The number of aryl methyl sites for hydroxylation is 2. The summed E-state index contributed by atoms with van der Waals surface area (Å²) in [6, 6.07) is 2.16. The number of unbranched alkanes of at least 4 members (excludes halogenated alkanes) is 6. The van der Waals surface area contributed by atoms with E-state index in [9.17, 15) is 0 Å². The Bertz CT molecular complexity index is 279. The van der Waals surface area contributed by atoms with Crippen molar-refractivity contribution in [3.05, 3.63) is 23.5 Å². The molecule has 0 unspecified atom stereocenters. The summed E-state index contributed by atoms with van der Waals surface area (Å²) in [5, 5.41) is 8.36. The predicted octanol–water partition coefficient (Wildman–Crippen LogP) is 4.72. The summed E-state index contributed by atoms with van der Waals surface area (Å²) in [5.41, 5.74) is 2.67. The molecule has 0 radical (unpaired) electrons. The van der Waals surface area contributed by atoms with Crippen LogP contribution in [0.4, 0.5) is 0 Å². The van der Waals surface area contributed by atoms with Gasteiger partial charge in [0.25, 0.3) is 0 Å². The SMILES string of the molecule is CCCCCCc1ccnnc1CCCCCC. The molecule has 1 rings (SSSR count). The zero-order valence-electron chi connectivity index (χ0n) is 12.1. The largest absolute Gasteiger partial charge is 0.159 e. The maximum atomic E-state index is 4.33. The molecule has 0 aliphatic heterocycles. The van der Waals surface area contributed by atoms with Gasteiger partial charge in [-0.15, -0.1) is 0 Å². The maximum absolute atomic E-state index is 4.33. The third kappa shape index (κ3) is 6.13. The van der Waals surface area contributed by atoms with Crippen molar-refractivity contribution in [3.8, 4) is 0 Å². The smallest absolute Gasteiger partial charge is 0.0663 e. The van der Waals surface area contributed by atoms with Gasteiger partial charge in [-0.3, -0.25) is 0 Å². The van der Waals surface area contributed by atoms with E-state index in [0.717, 1.165) is 6.42 Å². The lowest BCUT2D eigenvalue weighted by atomic mass is 10.0. The molecule has 102 valence electrons. The van der Waals surface area contributed by atoms with Crippen LogP contribution in [0.3, 0.4) is 0 Å². The predicted molar refractivity (Wildman–Crippen MR) is 77.7 cm³/mol. The van der Waals surface area contributed by atoms with E-state index >= 15 is 0 Å². The molecule has 0 saturated heterocycles. The summed E-state index contributed by atoms with van der Waals surface area (Å²) in [6.07, 6.45) is 14.6. The van der Waals surface area contributed by atoms with E-state index in [1.54, 1.807) is 0 Å². The Morgan fingerprint density at radius 2 is 1.50 bits per heavy atom. The van der Waals surface area contributed by atoms with E-state index in [1.165, 1.54) is 69.0 Å². The molecule has 0 spiro atoms. The van der Waals surface area contributed by atoms with Gasteiger partial charge in [0.05, 0.1) is 5.69 Å². The van der Waals surface area contributed by atoms with Crippen molar-refractivity contribution in [2.24, 2.45) is 0 Å². The average Bonchev–Trinajstić information content (AvgIpc) is 2.41. The molecule has 0 aliphatic rings. The first-order valence-corrected chi connectivity index (χ1v) is 7.68. The van der Waals surface area contributed by atoms with Crippen LogP contribution < -0.4 is 0 Å². The normalized spacial score (nSPS) is 10.8. The van der Waals surface area contributed by atoms with E-state index in [-0.39, 0.29) is 0 Å². The molecule has 0 N–H and O–H groups in total. The summed E-state index contributed by atoms with van der Waals surface area (Å²) in [6.45, 7) is 4.51. The van der Waals surface area contributed by atoms with Crippen molar-refractivity contribution in [3.63, 3.8) is 0 Å². The maximum Gasteiger partial charge on any atom is 0.0663 e. The fourth-order valence-corrected chi connectivity index (χ4v) is 2.29. The molecule has 2 nitrogen and oxygen atoms in total. The molecule has 1 heterocycles. The molecule has 2 heteroatoms. The van der Waals surface area contributed by atoms with Gasteiger partial charge >= 0.3 is 0 Å². The topological polar surface area (TPSA) is 25.8 Å². The molecule has 1 aromatic heterocycles. The van der Waals surface area contributed by atoms with Crippen LogP contribution in [-0.4, -0.2) is 10.2 Å². The van der Waals surface area contributed by atoms with Gasteiger partial charge in [0.1, 0.15) is 0 Å². The van der Waals surface area contributed by atoms with E-state index in [4.69, 9.17) is 0 Å². The van der Waals surface area contributed by atoms with Crippen molar-refractivity contribution in [2.75, 3.05) is 0 Å². The minimum atomic E-state index is 1.11. The van der Waals surface area contributed by atoms with Crippen LogP contribution >= 0.6 is 0 Å². The zero-order valence-corrected chi connectivity index (χ0v) is 12.1. The van der Waals surface area contributed by atoms with Crippen LogP contribution in [0, 0.1) is 0 Å². The number of hydrogen-bond acceptors (Lipinski definition) is 2. The van der Waals surface area contributed by atoms with Gasteiger partial charge in [0.2, 0.25) is 0 Å². The summed E-state index contributed by atoms with van der Waals surface area (Å²) in [4.78, 5) is 0. The molecule has 0 saturated carbocycles. The van der Waals surface area contributed by atoms with Gasteiger partial charge in [-0.25, -0.2) is 0 Å². The zero-order chi connectivity index (χ0) is 13.1. The van der Waals surface area contributed by atoms with Crippen LogP contribution in [0.1, 0.15) is 76.5 Å². The number of hydrogen-bond donors (Lipinski definition) is 0. The highest BCUT2D eigenvalue weighted by molar-refractivity contribution is 5.17. The minimum absolute atomic E-state index is 1.11. The molecule has 18 heavy (non-hydrogen) atoms. The first-order chi connectivity index (χ1) is 8.88. The highest BCUT2D eigenvalue weighted by Gasteiger charge is 2.04. The summed E-state index contributed by atoms with van der Waals surface area (Å²) in [5.74, 6) is 0. The molecule has 0 fully saturated rings. The highest BCUT2D eigenvalue weighted by Crippen LogP contribution is 2.13. The lowest BCUT2D eigenvalue weighted by Crippen LogP contribution is -2.00. The monoisotopic (exact) mass is 248 g/mol. The molecular weight excluding hydrogens is 220 g/mol. The summed E-state index contributed by atoms with van der Waals surface area (Å²) in [7, 11) is 0. The number of nitrogens with zero attached hydrogens (tertiary/aromatic N) is 2. The highest BCUT2D eigenvalue weighted by atomic mass is 15.1. The van der Waals surface area contributed by atoms with Gasteiger partial charge in [0.15, 0.2) is 0 Å². The third-order valence-corrected chi connectivity index (χ3v) is 3.46. The van der Waals surface area contributed by atoms with Crippen LogP contribution in [0.5, 0.6) is 0 Å². The van der Waals surface area contributed by atoms with Crippen LogP contribution in [0.2, 0.25) is 0 Å². The van der Waals surface area contributed by atoms with E-state index in [1.807, 2.05) is 6.20 Å². The second kappa shape index (κ2) is 10.0. The Balaban J connectivity index is 2.36. The lowest BCUT2D eigenvalue weighted by Gasteiger charge is -2.07. The average molecular weight is 248 g/mol. The van der Waals surface area contributed by atoms with Crippen molar-refractivity contribution < 1.29 is 0 Å². The molecular formula is C16H28N2. The van der Waals surface area contributed by atoms with Gasteiger partial charge in [0, 0.05) is 6.20 Å². The third-order valence-electron chi connectivity index (χ3n) is 3.46. The Morgan fingerprint density at radius 3 is 2.17 bits per heavy atom. The second-order valence-electron chi connectivity index (χ2n) is 5.12. The van der Waals surface area contributed by atoms with Gasteiger partial charge < -0.3 is 0 Å². The molecule has 0 aliphatic carbocycles. The van der Waals surface area contributed by atoms with Crippen LogP contribution in [0.25, 0.3) is 0 Å². The van der Waals surface area contributed by atoms with Gasteiger partial charge in [-0.05, 0) is 37.3 Å². The molecule has 0 aromatic carbocycles. The Morgan fingerprint density at radius 1 is 0.833 bits per heavy atom. The van der Waals surface area contributed by atoms with Gasteiger partial charge in [-0.1, -0.05) is 52.4 Å². The first kappa shape index (κ1) is 15.1. The first-order valence-electron chi connectivity index (χ1n) is 7.68. The van der Waals surface area contributed by atoms with E-state index < -0.39 is 0 Å². The summed E-state index contributed by atoms with van der Waals surface area (Å²) < 4.78 is 0. The van der Waals surface area contributed by atoms with E-state index in [2.05, 4.69) is 30.1 Å². The Labute approximate surface area is 112 Å². The van der Waals surface area contributed by atoms with Crippen molar-refractivity contribution in [2.45, 2.75) is 78.1 Å². The fourth-order valence-electron chi connectivity index (χ4n) is 2.29. The Kier molecular flexibility index (Phi) is 8.45. The molecule has 0 bridgehead atoms. The summed E-state index contributed by atoms with van der Waals surface area (Å²) >= 11 is 0.